The van der Waals surface area contributed by atoms with Crippen LogP contribution in [0.3, 0.4) is 0 Å². The van der Waals surface area contributed by atoms with Gasteiger partial charge in [0.15, 0.2) is 0 Å². The summed E-state index contributed by atoms with van der Waals surface area (Å²) < 4.78 is 7.24. The summed E-state index contributed by atoms with van der Waals surface area (Å²) in [6.07, 6.45) is 0. The molecule has 0 N–H and O–H groups in total. The van der Waals surface area contributed by atoms with Crippen molar-refractivity contribution in [2.75, 3.05) is 9.80 Å². The predicted molar refractivity (Wildman–Crippen MR) is 319 cm³/mol. The molecule has 0 spiro atoms. The summed E-state index contributed by atoms with van der Waals surface area (Å²) in [5.74, 6) is 0. The number of hydrogen-bond acceptors (Lipinski definition) is 3. The van der Waals surface area contributed by atoms with Crippen molar-refractivity contribution in [3.63, 3.8) is 0 Å². The van der Waals surface area contributed by atoms with E-state index in [4.69, 9.17) is 4.42 Å². The van der Waals surface area contributed by atoms with E-state index in [0.29, 0.717) is 0 Å². The van der Waals surface area contributed by atoms with Gasteiger partial charge in [0.05, 0.1) is 16.1 Å². The molecule has 11 aromatic rings. The Morgan fingerprint density at radius 3 is 1.23 bits per heavy atom. The lowest BCUT2D eigenvalue weighted by atomic mass is 9.82. The van der Waals surface area contributed by atoms with Crippen LogP contribution < -0.4 is 20.2 Å². The number of hydrogen-bond donors (Lipinski definition) is 0. The molecule has 0 bridgehead atoms. The number of furan rings is 1. The molecule has 5 heteroatoms. The maximum Gasteiger partial charge on any atom is 0.143 e. The molecule has 13 rings (SSSR count). The van der Waals surface area contributed by atoms with Crippen LogP contribution in [0.5, 0.6) is 0 Å². The van der Waals surface area contributed by atoms with Gasteiger partial charge in [-0.3, -0.25) is 0 Å². The smallest absolute Gasteiger partial charge is 0.143 e. The summed E-state index contributed by atoms with van der Waals surface area (Å²) in [4.78, 5) is 4.88. The molecular formula is C68H62N2OSi2. The van der Waals surface area contributed by atoms with Crippen molar-refractivity contribution < 1.29 is 4.42 Å². The molecule has 0 saturated carbocycles. The minimum absolute atomic E-state index is 0.123. The highest BCUT2D eigenvalue weighted by Crippen LogP contribution is 2.53. The molecule has 0 saturated heterocycles. The van der Waals surface area contributed by atoms with Crippen LogP contribution in [0.2, 0.25) is 39.3 Å². The van der Waals surface area contributed by atoms with Crippen LogP contribution in [-0.2, 0) is 10.8 Å². The number of fused-ring (bicyclic) bond motifs is 14. The van der Waals surface area contributed by atoms with Crippen molar-refractivity contribution in [3.05, 3.63) is 216 Å². The van der Waals surface area contributed by atoms with Gasteiger partial charge in [-0.25, -0.2) is 0 Å². The minimum atomic E-state index is -1.53. The maximum atomic E-state index is 7.24. The molecule has 0 aliphatic heterocycles. The zero-order valence-electron chi connectivity index (χ0n) is 43.8. The summed E-state index contributed by atoms with van der Waals surface area (Å²) in [5.41, 5.74) is 19.1. The molecular weight excluding hydrogens is 917 g/mol. The first kappa shape index (κ1) is 45.4. The van der Waals surface area contributed by atoms with Crippen molar-refractivity contribution in [2.45, 2.75) is 77.8 Å². The van der Waals surface area contributed by atoms with E-state index < -0.39 is 16.1 Å². The minimum Gasteiger partial charge on any atom is -0.455 e. The normalized spacial score (nSPS) is 14.4. The topological polar surface area (TPSA) is 19.6 Å². The van der Waals surface area contributed by atoms with Crippen molar-refractivity contribution in [3.8, 4) is 22.3 Å². The number of nitrogens with zero attached hydrogens (tertiary/aromatic N) is 2. The zero-order chi connectivity index (χ0) is 50.3. The molecule has 0 atom stereocenters. The first-order valence-electron chi connectivity index (χ1n) is 26.1. The van der Waals surface area contributed by atoms with Crippen LogP contribution in [-0.4, -0.2) is 16.1 Å². The Hall–Kier alpha value is -7.45. The highest BCUT2D eigenvalue weighted by Gasteiger charge is 2.37. The van der Waals surface area contributed by atoms with Crippen LogP contribution in [0.1, 0.15) is 49.9 Å². The Labute approximate surface area is 432 Å². The monoisotopic (exact) mass is 978 g/mol. The molecule has 0 fully saturated rings. The third-order valence-electron chi connectivity index (χ3n) is 16.6. The molecule has 0 amide bonds. The highest BCUT2D eigenvalue weighted by atomic mass is 28.3. The quantitative estimate of drug-likeness (QED) is 0.112. The summed E-state index contributed by atoms with van der Waals surface area (Å²) in [5, 5.41) is 9.84. The highest BCUT2D eigenvalue weighted by molar-refractivity contribution is 6.89. The standard InChI is InChI=1S/C68H62N2OSi2/c1-67(2)60-21-15-13-18-52(60)54-35-27-46(40-62(54)67)69(43-23-31-49(32-24-43)72(5,6)7)45-29-37-57-59(39-45)51-17-11-12-20-56(51)65-58-38-30-48(42-64(58)71-66(57)65)70(44-25-33-50(34-26-44)73(8,9)10)47-28-36-55-53-19-14-16-22-61(53)68(3,4)63(55)41-47/h11-42H,1-10H3. The maximum absolute atomic E-state index is 7.24. The molecule has 358 valence electrons. The van der Waals surface area contributed by atoms with E-state index in [1.54, 1.807) is 0 Å². The first-order chi connectivity index (χ1) is 35.0. The van der Waals surface area contributed by atoms with Gasteiger partial charge in [-0.2, -0.15) is 0 Å². The van der Waals surface area contributed by atoms with E-state index in [1.807, 2.05) is 0 Å². The van der Waals surface area contributed by atoms with Gasteiger partial charge in [-0.15, -0.1) is 0 Å². The van der Waals surface area contributed by atoms with Crippen LogP contribution in [0, 0.1) is 0 Å². The second-order valence-corrected chi connectivity index (χ2v) is 34.0. The van der Waals surface area contributed by atoms with E-state index in [9.17, 15) is 0 Å². The third kappa shape index (κ3) is 7.03. The largest absolute Gasteiger partial charge is 0.455 e. The van der Waals surface area contributed by atoms with E-state index in [-0.39, 0.29) is 10.8 Å². The lowest BCUT2D eigenvalue weighted by molar-refractivity contribution is 0.660. The average molecular weight is 979 g/mol. The fraction of sp³-hybridized carbons (Fsp3) is 0.176. The van der Waals surface area contributed by atoms with Crippen LogP contribution in [0.4, 0.5) is 34.1 Å². The van der Waals surface area contributed by atoms with Gasteiger partial charge in [0.25, 0.3) is 0 Å². The van der Waals surface area contributed by atoms with E-state index in [1.165, 1.54) is 71.0 Å². The Morgan fingerprint density at radius 2 is 0.726 bits per heavy atom. The van der Waals surface area contributed by atoms with Gasteiger partial charge in [-0.05, 0) is 140 Å². The molecule has 0 unspecified atom stereocenters. The summed E-state index contributed by atoms with van der Waals surface area (Å²) in [6, 6.07) is 73.4. The average Bonchev–Trinajstić information content (AvgIpc) is 3.96. The van der Waals surface area contributed by atoms with Gasteiger partial charge < -0.3 is 14.2 Å². The number of rotatable bonds is 8. The van der Waals surface area contributed by atoms with E-state index in [2.05, 4.69) is 271 Å². The summed E-state index contributed by atoms with van der Waals surface area (Å²) in [7, 11) is -3.06. The Kier molecular flexibility index (Phi) is 9.97. The fourth-order valence-corrected chi connectivity index (χ4v) is 14.8. The van der Waals surface area contributed by atoms with Crippen molar-refractivity contribution in [1.29, 1.82) is 0 Å². The molecule has 10 aromatic carbocycles. The fourth-order valence-electron chi connectivity index (χ4n) is 12.5. The molecule has 0 radical (unpaired) electrons. The van der Waals surface area contributed by atoms with Gasteiger partial charge in [0.1, 0.15) is 11.2 Å². The molecule has 73 heavy (non-hydrogen) atoms. The van der Waals surface area contributed by atoms with Gasteiger partial charge in [-0.1, -0.05) is 187 Å². The SMILES string of the molecule is CC1(C)c2ccccc2-c2ccc(N(c3ccc([Si](C)(C)C)cc3)c3ccc4c(c3)oc3c5ccc(N(c6ccc([Si](C)(C)C)cc6)c6ccc7c(c6)C(C)(C)c6ccccc6-7)cc5c5ccccc5c43)cc21. The van der Waals surface area contributed by atoms with Crippen LogP contribution >= 0.6 is 0 Å². The van der Waals surface area contributed by atoms with E-state index in [0.717, 1.165) is 61.4 Å². The molecule has 2 aliphatic rings. The summed E-state index contributed by atoms with van der Waals surface area (Å²) >= 11 is 0. The van der Waals surface area contributed by atoms with Crippen LogP contribution in [0.25, 0.3) is 65.7 Å². The second-order valence-electron chi connectivity index (χ2n) is 23.8. The van der Waals surface area contributed by atoms with Gasteiger partial charge in [0, 0.05) is 67.2 Å². The Bertz CT molecular complexity index is 4050. The van der Waals surface area contributed by atoms with Gasteiger partial charge >= 0.3 is 0 Å². The first-order valence-corrected chi connectivity index (χ1v) is 33.1. The summed E-state index contributed by atoms with van der Waals surface area (Å²) in [6.45, 7) is 24.0. The molecule has 1 aromatic heterocycles. The Morgan fingerprint density at radius 1 is 0.329 bits per heavy atom. The lowest BCUT2D eigenvalue weighted by Gasteiger charge is -2.29. The van der Waals surface area contributed by atoms with Crippen LogP contribution in [0.15, 0.2) is 199 Å². The lowest BCUT2D eigenvalue weighted by Crippen LogP contribution is -2.37. The number of anilines is 6. The molecule has 3 nitrogen and oxygen atoms in total. The van der Waals surface area contributed by atoms with Crippen molar-refractivity contribution in [2.24, 2.45) is 0 Å². The number of benzene rings is 10. The van der Waals surface area contributed by atoms with Crippen molar-refractivity contribution >= 4 is 104 Å². The molecule has 1 heterocycles. The van der Waals surface area contributed by atoms with E-state index >= 15 is 0 Å². The predicted octanol–water partition coefficient (Wildman–Crippen LogP) is 18.5. The van der Waals surface area contributed by atoms with Crippen molar-refractivity contribution in [1.82, 2.24) is 0 Å². The third-order valence-corrected chi connectivity index (χ3v) is 20.7. The molecule has 2 aliphatic carbocycles. The second kappa shape index (κ2) is 16.0. The Balaban J connectivity index is 0.980. The van der Waals surface area contributed by atoms with Gasteiger partial charge in [0.2, 0.25) is 0 Å². The zero-order valence-corrected chi connectivity index (χ0v) is 45.8.